The van der Waals surface area contributed by atoms with Gasteiger partial charge in [-0.05, 0) is 6.42 Å². The van der Waals surface area contributed by atoms with Gasteiger partial charge in [0.1, 0.15) is 13.1 Å². The Labute approximate surface area is 121 Å². The fraction of sp³-hybridized carbons (Fsp3) is 0.941. The van der Waals surface area contributed by atoms with Crippen LogP contribution in [0.2, 0.25) is 11.1 Å². The first kappa shape index (κ1) is 16.8. The lowest BCUT2D eigenvalue weighted by molar-refractivity contribution is -0.125. The first-order valence-electron chi connectivity index (χ1n) is 8.57. The molecule has 0 aromatic heterocycles. The van der Waals surface area contributed by atoms with E-state index in [1.54, 1.807) is 0 Å². The van der Waals surface area contributed by atoms with Gasteiger partial charge >= 0.3 is 0 Å². The van der Waals surface area contributed by atoms with Crippen LogP contribution < -0.4 is 0 Å². The second-order valence-corrected chi connectivity index (χ2v) is 7.00. The van der Waals surface area contributed by atoms with Gasteiger partial charge in [-0.15, -0.1) is 0 Å². The van der Waals surface area contributed by atoms with E-state index in [9.17, 15) is 4.79 Å². The molecule has 2 heteroatoms. The molecule has 0 heterocycles. The summed E-state index contributed by atoms with van der Waals surface area (Å²) < 4.78 is 0. The summed E-state index contributed by atoms with van der Waals surface area (Å²) in [6, 6.07) is 0. The third-order valence-electron chi connectivity index (χ3n) is 5.40. The lowest BCUT2D eigenvalue weighted by Crippen LogP contribution is -2.33. The molecule has 1 aliphatic rings. The molecule has 0 aliphatic heterocycles. The van der Waals surface area contributed by atoms with Crippen molar-refractivity contribution in [3.63, 3.8) is 0 Å². The highest BCUT2D eigenvalue weighted by atomic mass is 16.1. The average molecular weight is 264 g/mol. The van der Waals surface area contributed by atoms with Crippen LogP contribution >= 0.6 is 0 Å². The highest BCUT2D eigenvalue weighted by Gasteiger charge is 2.36. The summed E-state index contributed by atoms with van der Waals surface area (Å²) in [5.41, 5.74) is 0. The van der Waals surface area contributed by atoms with E-state index in [4.69, 9.17) is 0 Å². The van der Waals surface area contributed by atoms with Crippen molar-refractivity contribution in [1.82, 2.24) is 0 Å². The van der Waals surface area contributed by atoms with Gasteiger partial charge in [0.2, 0.25) is 0 Å². The van der Waals surface area contributed by atoms with Crippen LogP contribution in [0.1, 0.15) is 85.5 Å². The Morgan fingerprint density at radius 3 is 2.16 bits per heavy atom. The predicted octanol–water partition coefficient (Wildman–Crippen LogP) is 5.16. The molecule has 0 spiro atoms. The van der Waals surface area contributed by atoms with E-state index in [1.165, 1.54) is 44.9 Å². The van der Waals surface area contributed by atoms with Gasteiger partial charge < -0.3 is 0 Å². The van der Waals surface area contributed by atoms with Crippen molar-refractivity contribution in [3.05, 3.63) is 0 Å². The molecule has 110 valence electrons. The molecule has 0 radical (unpaired) electrons. The number of hydrogen-bond acceptors (Lipinski definition) is 1. The van der Waals surface area contributed by atoms with Crippen LogP contribution in [0.4, 0.5) is 0 Å². The predicted molar refractivity (Wildman–Crippen MR) is 86.3 cm³/mol. The normalized spacial score (nSPS) is 22.9. The second-order valence-electron chi connectivity index (χ2n) is 7.00. The second kappa shape index (κ2) is 8.12. The van der Waals surface area contributed by atoms with Gasteiger partial charge in [-0.25, -0.2) is 0 Å². The lowest BCUT2D eigenvalue weighted by atomic mass is 9.41. The summed E-state index contributed by atoms with van der Waals surface area (Å²) in [4.78, 5) is 12.7. The highest BCUT2D eigenvalue weighted by Crippen LogP contribution is 2.40. The van der Waals surface area contributed by atoms with Crippen LogP contribution in [-0.2, 0) is 4.79 Å². The van der Waals surface area contributed by atoms with Gasteiger partial charge in [-0.3, -0.25) is 4.79 Å². The summed E-state index contributed by atoms with van der Waals surface area (Å²) >= 11 is 0. The quantitative estimate of drug-likeness (QED) is 0.605. The van der Waals surface area contributed by atoms with Gasteiger partial charge in [0.15, 0.2) is 0 Å². The van der Waals surface area contributed by atoms with Gasteiger partial charge in [-0.2, -0.15) is 0 Å². The average Bonchev–Trinajstić information content (AvgIpc) is 2.39. The number of rotatable bonds is 6. The van der Waals surface area contributed by atoms with E-state index in [-0.39, 0.29) is 11.2 Å². The van der Waals surface area contributed by atoms with E-state index in [0.29, 0.717) is 5.78 Å². The maximum Gasteiger partial charge on any atom is 0.140 e. The molecule has 0 N–H and O–H groups in total. The Kier molecular flexibility index (Phi) is 7.17. The van der Waals surface area contributed by atoms with Gasteiger partial charge in [0, 0.05) is 11.2 Å². The van der Waals surface area contributed by atoms with Crippen LogP contribution in [0.15, 0.2) is 0 Å². The van der Waals surface area contributed by atoms with E-state index < -0.39 is 0 Å². The van der Waals surface area contributed by atoms with Crippen LogP contribution in [0.5, 0.6) is 0 Å². The van der Waals surface area contributed by atoms with Gasteiger partial charge in [0.05, 0.1) is 0 Å². The number of ketones is 1. The molecular formula is C17H33BO. The molecule has 0 saturated heterocycles. The zero-order valence-electron chi connectivity index (χ0n) is 13.6. The summed E-state index contributed by atoms with van der Waals surface area (Å²) in [6.07, 6.45) is 11.7. The molecule has 1 nitrogen and oxygen atoms in total. The number of hydrogen-bond donors (Lipinski definition) is 0. The summed E-state index contributed by atoms with van der Waals surface area (Å²) in [5, 5.41) is -0.0701. The van der Waals surface area contributed by atoms with Crippen LogP contribution in [0.25, 0.3) is 0 Å². The summed E-state index contributed by atoms with van der Waals surface area (Å²) in [6.45, 7) is 8.66. The van der Waals surface area contributed by atoms with Crippen molar-refractivity contribution in [2.45, 2.75) is 96.6 Å². The standard InChI is InChI=1S/C17H33BO/c1-5-14(3)16(19)17(4,6-2)18-15-12-10-8-7-9-11-13-15/h14-15,18H,5-13H2,1-4H3. The molecule has 0 aromatic rings. The van der Waals surface area contributed by atoms with Crippen molar-refractivity contribution in [3.8, 4) is 0 Å². The van der Waals surface area contributed by atoms with Crippen molar-refractivity contribution in [2.75, 3.05) is 0 Å². The zero-order chi connectivity index (χ0) is 14.3. The van der Waals surface area contributed by atoms with Crippen LogP contribution in [-0.4, -0.2) is 13.1 Å². The minimum Gasteiger partial charge on any atom is -0.300 e. The van der Waals surface area contributed by atoms with E-state index in [2.05, 4.69) is 27.7 Å². The fourth-order valence-corrected chi connectivity index (χ4v) is 3.58. The third-order valence-corrected chi connectivity index (χ3v) is 5.40. The maximum absolute atomic E-state index is 12.7. The largest absolute Gasteiger partial charge is 0.300 e. The van der Waals surface area contributed by atoms with Crippen LogP contribution in [0.3, 0.4) is 0 Å². The maximum atomic E-state index is 12.7. The molecule has 1 fully saturated rings. The van der Waals surface area contributed by atoms with Crippen molar-refractivity contribution < 1.29 is 4.79 Å². The molecule has 2 unspecified atom stereocenters. The minimum absolute atomic E-state index is 0.0701. The van der Waals surface area contributed by atoms with Gasteiger partial charge in [0.25, 0.3) is 0 Å². The first-order valence-corrected chi connectivity index (χ1v) is 8.57. The molecule has 0 aromatic carbocycles. The molecular weight excluding hydrogens is 231 g/mol. The Hall–Kier alpha value is -0.265. The molecule has 0 amide bonds. The topological polar surface area (TPSA) is 17.1 Å². The number of Topliss-reactive ketones (excluding diaryl/α,β-unsaturated/α-hetero) is 1. The summed E-state index contributed by atoms with van der Waals surface area (Å²) in [7, 11) is 1.13. The smallest absolute Gasteiger partial charge is 0.140 e. The molecule has 19 heavy (non-hydrogen) atoms. The molecule has 2 atom stereocenters. The third kappa shape index (κ3) is 4.97. The Morgan fingerprint density at radius 1 is 1.16 bits per heavy atom. The fourth-order valence-electron chi connectivity index (χ4n) is 3.58. The number of carbonyl (C=O) groups excluding carboxylic acids is 1. The van der Waals surface area contributed by atoms with E-state index in [1.807, 2.05) is 0 Å². The number of carbonyl (C=O) groups is 1. The Morgan fingerprint density at radius 2 is 1.68 bits per heavy atom. The lowest BCUT2D eigenvalue weighted by Gasteiger charge is -2.33. The SMILES string of the molecule is CCC(C)C(=O)C(C)(BC1CCCCCCC1)CC. The monoisotopic (exact) mass is 264 g/mol. The van der Waals surface area contributed by atoms with E-state index >= 15 is 0 Å². The van der Waals surface area contributed by atoms with Crippen molar-refractivity contribution in [1.29, 1.82) is 0 Å². The molecule has 0 bridgehead atoms. The molecule has 1 aliphatic carbocycles. The minimum atomic E-state index is -0.0701. The van der Waals surface area contributed by atoms with Crippen LogP contribution in [0, 0.1) is 5.92 Å². The summed E-state index contributed by atoms with van der Waals surface area (Å²) in [5.74, 6) is 1.54. The van der Waals surface area contributed by atoms with Gasteiger partial charge in [-0.1, -0.05) is 84.9 Å². The molecule has 1 rings (SSSR count). The first-order chi connectivity index (χ1) is 9.03. The zero-order valence-corrected chi connectivity index (χ0v) is 13.6. The van der Waals surface area contributed by atoms with Crippen molar-refractivity contribution >= 4 is 13.1 Å². The Balaban J connectivity index is 2.64. The van der Waals surface area contributed by atoms with E-state index in [0.717, 1.165) is 25.9 Å². The van der Waals surface area contributed by atoms with Crippen molar-refractivity contribution in [2.24, 2.45) is 5.92 Å². The molecule has 1 saturated carbocycles. The Bertz CT molecular complexity index is 268. The highest BCUT2D eigenvalue weighted by molar-refractivity contribution is 6.49.